The van der Waals surface area contributed by atoms with E-state index < -0.39 is 20.2 Å². The topological polar surface area (TPSA) is 116 Å². The van der Waals surface area contributed by atoms with Gasteiger partial charge in [-0.15, -0.1) is 22.7 Å². The van der Waals surface area contributed by atoms with Crippen molar-refractivity contribution in [1.29, 1.82) is 0 Å². The Bertz CT molecular complexity index is 3130. The summed E-state index contributed by atoms with van der Waals surface area (Å²) in [5, 5.41) is 8.79. The highest BCUT2D eigenvalue weighted by Crippen LogP contribution is 2.50. The van der Waals surface area contributed by atoms with Gasteiger partial charge in [0.1, 0.15) is 4.70 Å². The van der Waals surface area contributed by atoms with E-state index in [0.717, 1.165) is 77.1 Å². The van der Waals surface area contributed by atoms with Crippen molar-refractivity contribution in [3.63, 3.8) is 0 Å². The van der Waals surface area contributed by atoms with Crippen molar-refractivity contribution in [3.05, 3.63) is 129 Å². The Hall–Kier alpha value is -4.12. The Labute approximate surface area is 366 Å². The number of aromatic nitrogens is 1. The summed E-state index contributed by atoms with van der Waals surface area (Å²) in [4.78, 5) is 3.28. The van der Waals surface area contributed by atoms with E-state index in [1.807, 2.05) is 0 Å². The molecule has 3 aromatic heterocycles. The van der Waals surface area contributed by atoms with Crippen LogP contribution in [-0.2, 0) is 26.8 Å². The molecule has 2 aliphatic rings. The smallest absolute Gasteiger partial charge is 0.265 e. The van der Waals surface area contributed by atoms with Gasteiger partial charge >= 0.3 is 0 Å². The fourth-order valence-corrected chi connectivity index (χ4v) is 13.7. The minimum atomic E-state index is -4.12. The molecule has 0 atom stereocenters. The molecule has 0 saturated carbocycles. The molecule has 1 aliphatic carbocycles. The lowest BCUT2D eigenvalue weighted by Crippen LogP contribution is -2.36. The molecule has 2 N–H and O–H groups in total. The molecular formula is C46H43N2O6S6+. The number of aryl methyl sites for hydroxylation is 1. The second-order valence-electron chi connectivity index (χ2n) is 16.2. The summed E-state index contributed by atoms with van der Waals surface area (Å²) in [7, 11) is -8.24. The molecule has 0 spiro atoms. The van der Waals surface area contributed by atoms with Gasteiger partial charge in [0.05, 0.1) is 22.2 Å². The molecule has 0 radical (unpaired) electrons. The zero-order valence-electron chi connectivity index (χ0n) is 33.0. The van der Waals surface area contributed by atoms with E-state index >= 15 is 0 Å². The average Bonchev–Trinajstić information content (AvgIpc) is 3.96. The lowest BCUT2D eigenvalue weighted by molar-refractivity contribution is -0.668. The molecule has 0 amide bonds. The van der Waals surface area contributed by atoms with Gasteiger partial charge in [-0.2, -0.15) is 21.4 Å². The molecule has 7 aromatic rings. The number of thiophene rings is 2. The number of nitrogens with zero attached hydrogens (tertiary/aromatic N) is 2. The van der Waals surface area contributed by atoms with Crippen molar-refractivity contribution in [2.45, 2.75) is 51.0 Å². The Kier molecular flexibility index (Phi) is 11.2. The van der Waals surface area contributed by atoms with E-state index in [1.165, 1.54) is 20.2 Å². The van der Waals surface area contributed by atoms with Crippen LogP contribution in [0.25, 0.3) is 58.7 Å². The zero-order chi connectivity index (χ0) is 41.8. The number of thioether (sulfide) groups is 1. The van der Waals surface area contributed by atoms with Crippen molar-refractivity contribution >= 4 is 108 Å². The van der Waals surface area contributed by atoms with E-state index in [9.17, 15) is 25.9 Å². The number of benzene rings is 4. The van der Waals surface area contributed by atoms with Crippen molar-refractivity contribution in [3.8, 4) is 22.3 Å². The highest BCUT2D eigenvalue weighted by Gasteiger charge is 2.31. The molecule has 0 unspecified atom stereocenters. The predicted molar refractivity (Wildman–Crippen MR) is 253 cm³/mol. The number of anilines is 1. The minimum absolute atomic E-state index is 0.0638. The maximum Gasteiger partial charge on any atom is 0.265 e. The summed E-state index contributed by atoms with van der Waals surface area (Å²) in [5.41, 5.74) is 8.81. The van der Waals surface area contributed by atoms with E-state index in [1.54, 1.807) is 45.8 Å². The fraction of sp³-hybridized carbons (Fsp3) is 0.239. The van der Waals surface area contributed by atoms with Crippen molar-refractivity contribution < 1.29 is 30.5 Å². The molecule has 4 heterocycles. The Morgan fingerprint density at radius 2 is 1.38 bits per heavy atom. The van der Waals surface area contributed by atoms with Gasteiger partial charge in [-0.3, -0.25) is 9.11 Å². The first-order chi connectivity index (χ1) is 28.7. The van der Waals surface area contributed by atoms with Crippen molar-refractivity contribution in [2.24, 2.45) is 5.41 Å². The van der Waals surface area contributed by atoms with Gasteiger partial charge in [0.15, 0.2) is 6.54 Å². The largest absolute Gasteiger partial charge is 0.335 e. The fourth-order valence-electron chi connectivity index (χ4n) is 8.44. The normalized spacial score (nSPS) is 17.1. The van der Waals surface area contributed by atoms with Crippen LogP contribution >= 0.6 is 45.8 Å². The number of thiazole rings is 1. The Balaban J connectivity index is 1.09. The third-order valence-electron chi connectivity index (χ3n) is 11.0. The first-order valence-corrected chi connectivity index (χ1v) is 26.3. The maximum absolute atomic E-state index is 11.8. The van der Waals surface area contributed by atoms with Gasteiger partial charge in [0.25, 0.3) is 25.2 Å². The highest BCUT2D eigenvalue weighted by atomic mass is 32.2. The van der Waals surface area contributed by atoms with E-state index in [2.05, 4.69) is 137 Å². The molecule has 4 aromatic carbocycles. The SMILES string of the molecule is CC1(C)CC(C=C2Sc3ccc(-c4csc5ccccc45)cc3N2CCCS(=O)(=O)O)=CC(=Cc2sc3ccc(-c4csc5ccccc45)cc3[n+]2CCCS(=O)(=O)O)C1. The molecule has 0 fully saturated rings. The third-order valence-corrected chi connectivity index (χ3v) is 16.7. The monoisotopic (exact) mass is 911 g/mol. The summed E-state index contributed by atoms with van der Waals surface area (Å²) in [6, 6.07) is 29.8. The number of hydrogen-bond acceptors (Lipinski definition) is 9. The summed E-state index contributed by atoms with van der Waals surface area (Å²) < 4.78 is 72.2. The third kappa shape index (κ3) is 8.93. The lowest BCUT2D eigenvalue weighted by Gasteiger charge is -2.31. The first kappa shape index (κ1) is 41.2. The molecule has 308 valence electrons. The molecule has 1 aliphatic heterocycles. The molecule has 8 nitrogen and oxygen atoms in total. The standard InChI is InChI=1S/C46H42N2O6S6/c1-46(2)26-30(22-44-47(17-7-19-59(49,50)51)38-24-32(13-15-42(38)57-44)36-28-55-40-11-5-3-9-34(36)40)21-31(27-46)23-45-48(18-8-20-60(52,53)54)39-25-33(14-16-43(39)58-45)37-29-56-41-12-6-4-10-35(37)41/h3-6,9-16,21-25,28-29H,7-8,17-20,26-27H2,1-2H3,(H-,49,50,51,52,53,54)/p+1. The van der Waals surface area contributed by atoms with Crippen LogP contribution in [-0.4, -0.2) is 44.0 Å². The van der Waals surface area contributed by atoms with Gasteiger partial charge in [-0.05, 0) is 94.1 Å². The van der Waals surface area contributed by atoms with Crippen LogP contribution in [0.4, 0.5) is 5.69 Å². The van der Waals surface area contributed by atoms with Gasteiger partial charge in [0.2, 0.25) is 5.52 Å². The molecule has 60 heavy (non-hydrogen) atoms. The van der Waals surface area contributed by atoms with Crippen LogP contribution in [0.2, 0.25) is 0 Å². The first-order valence-electron chi connectivity index (χ1n) is 19.7. The van der Waals surface area contributed by atoms with Crippen LogP contribution in [0.3, 0.4) is 0 Å². The quantitative estimate of drug-likeness (QED) is 0.0920. The molecule has 0 bridgehead atoms. The number of allylic oxidation sites excluding steroid dienone is 4. The molecular weight excluding hydrogens is 869 g/mol. The van der Waals surface area contributed by atoms with Crippen LogP contribution in [0, 0.1) is 5.41 Å². The second-order valence-corrected chi connectivity index (χ2v) is 23.3. The Morgan fingerprint density at radius 1 is 0.750 bits per heavy atom. The summed E-state index contributed by atoms with van der Waals surface area (Å²) >= 11 is 6.79. The summed E-state index contributed by atoms with van der Waals surface area (Å²) in [6.07, 6.45) is 8.95. The van der Waals surface area contributed by atoms with Crippen molar-refractivity contribution in [1.82, 2.24) is 0 Å². The van der Waals surface area contributed by atoms with Gasteiger partial charge in [-0.25, -0.2) is 0 Å². The zero-order valence-corrected chi connectivity index (χ0v) is 37.9. The minimum Gasteiger partial charge on any atom is -0.335 e. The van der Waals surface area contributed by atoms with Gasteiger partial charge in [-0.1, -0.05) is 91.6 Å². The predicted octanol–water partition coefficient (Wildman–Crippen LogP) is 12.1. The Morgan fingerprint density at radius 3 is 2.07 bits per heavy atom. The number of fused-ring (bicyclic) bond motifs is 4. The average molecular weight is 912 g/mol. The van der Waals surface area contributed by atoms with E-state index in [-0.39, 0.29) is 29.8 Å². The maximum atomic E-state index is 11.8. The molecule has 0 saturated heterocycles. The summed E-state index contributed by atoms with van der Waals surface area (Å²) in [5.74, 6) is -0.641. The van der Waals surface area contributed by atoms with Gasteiger partial charge < -0.3 is 4.90 Å². The molecule has 9 rings (SSSR count). The lowest BCUT2D eigenvalue weighted by atomic mass is 9.75. The second kappa shape index (κ2) is 16.3. The van der Waals surface area contributed by atoms with Crippen molar-refractivity contribution in [2.75, 3.05) is 23.0 Å². The van der Waals surface area contributed by atoms with Gasteiger partial charge in [0, 0.05) is 61.3 Å². The highest BCUT2D eigenvalue weighted by molar-refractivity contribution is 8.03. The number of hydrogen-bond donors (Lipinski definition) is 2. The molecule has 14 heteroatoms. The van der Waals surface area contributed by atoms with Crippen LogP contribution in [0.5, 0.6) is 0 Å². The van der Waals surface area contributed by atoms with Crippen LogP contribution in [0.15, 0.2) is 129 Å². The van der Waals surface area contributed by atoms with E-state index in [0.29, 0.717) is 13.1 Å². The summed E-state index contributed by atoms with van der Waals surface area (Å²) in [6.45, 7) is 5.39. The number of rotatable bonds is 12. The van der Waals surface area contributed by atoms with Crippen LogP contribution < -0.4 is 9.47 Å². The van der Waals surface area contributed by atoms with Crippen LogP contribution in [0.1, 0.15) is 44.5 Å². The van der Waals surface area contributed by atoms with E-state index in [4.69, 9.17) is 0 Å².